The number of nitrogens with zero attached hydrogens (tertiary/aromatic N) is 3. The summed E-state index contributed by atoms with van der Waals surface area (Å²) in [6, 6.07) is 3.40. The van der Waals surface area contributed by atoms with Crippen molar-refractivity contribution in [1.29, 1.82) is 0 Å². The normalized spacial score (nSPS) is 13.6. The summed E-state index contributed by atoms with van der Waals surface area (Å²) in [5, 5.41) is 3.92. The maximum atomic E-state index is 6.07. The van der Waals surface area contributed by atoms with E-state index in [1.807, 2.05) is 32.9 Å². The molecule has 0 unspecified atom stereocenters. The van der Waals surface area contributed by atoms with Crippen molar-refractivity contribution in [3.63, 3.8) is 0 Å². The molecule has 2 N–H and O–H groups in total. The molecule has 6 heteroatoms. The van der Waals surface area contributed by atoms with E-state index in [1.54, 1.807) is 6.20 Å². The number of halogens is 1. The molecule has 0 fully saturated rings. The van der Waals surface area contributed by atoms with Crippen LogP contribution in [0.2, 0.25) is 0 Å². The molecule has 18 heavy (non-hydrogen) atoms. The lowest BCUT2D eigenvalue weighted by Crippen LogP contribution is -2.26. The first kappa shape index (κ1) is 13.2. The van der Waals surface area contributed by atoms with Crippen molar-refractivity contribution in [2.45, 2.75) is 26.8 Å². The molecule has 0 radical (unpaired) electrons. The van der Waals surface area contributed by atoms with Gasteiger partial charge in [0, 0.05) is 10.7 Å². The van der Waals surface area contributed by atoms with Crippen LogP contribution in [0.1, 0.15) is 32.7 Å². The second-order valence-corrected chi connectivity index (χ2v) is 5.99. The summed E-state index contributed by atoms with van der Waals surface area (Å²) in [5.41, 5.74) is 6.59. The van der Waals surface area contributed by atoms with Crippen LogP contribution in [-0.2, 0) is 0 Å². The van der Waals surface area contributed by atoms with Gasteiger partial charge in [0.15, 0.2) is 0 Å². The molecule has 1 atom stereocenters. The van der Waals surface area contributed by atoms with Gasteiger partial charge >= 0.3 is 0 Å². The first-order chi connectivity index (χ1) is 8.39. The summed E-state index contributed by atoms with van der Waals surface area (Å²) in [6.07, 6.45) is 1.68. The number of nitrogens with two attached hydrogens (primary N) is 1. The topological polar surface area (TPSA) is 77.8 Å². The number of hydrogen-bond donors (Lipinski definition) is 1. The maximum absolute atomic E-state index is 6.07. The minimum absolute atomic E-state index is 0.134. The van der Waals surface area contributed by atoms with Crippen LogP contribution in [0.3, 0.4) is 0 Å². The van der Waals surface area contributed by atoms with Crippen molar-refractivity contribution in [1.82, 2.24) is 15.1 Å². The van der Waals surface area contributed by atoms with Crippen molar-refractivity contribution in [2.75, 3.05) is 0 Å². The van der Waals surface area contributed by atoms with Crippen LogP contribution in [0.15, 0.2) is 27.3 Å². The van der Waals surface area contributed by atoms with Crippen LogP contribution in [0, 0.1) is 5.41 Å². The SMILES string of the molecule is CC(C)(C)[C@@H](N)c1nc(-c2ncccc2Br)no1. The van der Waals surface area contributed by atoms with Crippen molar-refractivity contribution >= 4 is 15.9 Å². The highest BCUT2D eigenvalue weighted by molar-refractivity contribution is 9.10. The lowest BCUT2D eigenvalue weighted by molar-refractivity contribution is 0.253. The van der Waals surface area contributed by atoms with E-state index < -0.39 is 0 Å². The third-order valence-electron chi connectivity index (χ3n) is 2.61. The third-order valence-corrected chi connectivity index (χ3v) is 3.25. The van der Waals surface area contributed by atoms with E-state index in [1.165, 1.54) is 0 Å². The predicted molar refractivity (Wildman–Crippen MR) is 71.6 cm³/mol. The third kappa shape index (κ3) is 2.59. The summed E-state index contributed by atoms with van der Waals surface area (Å²) < 4.78 is 6.04. The Balaban J connectivity index is 2.35. The number of aromatic nitrogens is 3. The Kier molecular flexibility index (Phi) is 3.49. The Morgan fingerprint density at radius 2 is 2.11 bits per heavy atom. The Bertz CT molecular complexity index is 547. The van der Waals surface area contributed by atoms with Gasteiger partial charge in [-0.05, 0) is 33.5 Å². The largest absolute Gasteiger partial charge is 0.337 e. The van der Waals surface area contributed by atoms with Gasteiger partial charge < -0.3 is 10.3 Å². The fourth-order valence-corrected chi connectivity index (χ4v) is 1.81. The van der Waals surface area contributed by atoms with Gasteiger partial charge in [-0.25, -0.2) is 0 Å². The molecule has 0 saturated carbocycles. The Morgan fingerprint density at radius 3 is 2.72 bits per heavy atom. The lowest BCUT2D eigenvalue weighted by atomic mass is 9.87. The van der Waals surface area contributed by atoms with E-state index in [2.05, 4.69) is 31.1 Å². The molecule has 0 saturated heterocycles. The number of rotatable bonds is 2. The monoisotopic (exact) mass is 310 g/mol. The Morgan fingerprint density at radius 1 is 1.39 bits per heavy atom. The van der Waals surface area contributed by atoms with Gasteiger partial charge in [-0.3, -0.25) is 4.98 Å². The quantitative estimate of drug-likeness (QED) is 0.922. The van der Waals surface area contributed by atoms with E-state index in [4.69, 9.17) is 10.3 Å². The highest BCUT2D eigenvalue weighted by Gasteiger charge is 2.28. The van der Waals surface area contributed by atoms with Gasteiger partial charge in [-0.2, -0.15) is 4.98 Å². The molecule has 5 nitrogen and oxygen atoms in total. The lowest BCUT2D eigenvalue weighted by Gasteiger charge is -2.23. The minimum Gasteiger partial charge on any atom is -0.337 e. The van der Waals surface area contributed by atoms with Crippen molar-refractivity contribution in [3.8, 4) is 11.5 Å². The van der Waals surface area contributed by atoms with Crippen LogP contribution in [0.25, 0.3) is 11.5 Å². The first-order valence-corrected chi connectivity index (χ1v) is 6.39. The van der Waals surface area contributed by atoms with Crippen LogP contribution in [0.4, 0.5) is 0 Å². The van der Waals surface area contributed by atoms with Crippen molar-refractivity contribution < 1.29 is 4.52 Å². The van der Waals surface area contributed by atoms with Crippen LogP contribution in [-0.4, -0.2) is 15.1 Å². The minimum atomic E-state index is -0.304. The van der Waals surface area contributed by atoms with Crippen LogP contribution in [0.5, 0.6) is 0 Å². The summed E-state index contributed by atoms with van der Waals surface area (Å²) in [4.78, 5) is 8.52. The van der Waals surface area contributed by atoms with E-state index >= 15 is 0 Å². The predicted octanol–water partition coefficient (Wildman–Crippen LogP) is 2.94. The standard InChI is InChI=1S/C12H15BrN4O/c1-12(2,3)9(14)11-16-10(17-18-11)8-7(13)5-4-6-15-8/h4-6,9H,14H2,1-3H3/t9-/m0/s1. The number of pyridine rings is 1. The molecule has 2 rings (SSSR count). The molecule has 2 aromatic rings. The van der Waals surface area contributed by atoms with Crippen LogP contribution >= 0.6 is 15.9 Å². The Hall–Kier alpha value is -1.27. The molecule has 2 heterocycles. The van der Waals surface area contributed by atoms with Crippen LogP contribution < -0.4 is 5.73 Å². The van der Waals surface area contributed by atoms with Gasteiger partial charge in [0.05, 0.1) is 6.04 Å². The van der Waals surface area contributed by atoms with E-state index in [-0.39, 0.29) is 11.5 Å². The van der Waals surface area contributed by atoms with Gasteiger partial charge in [0.2, 0.25) is 11.7 Å². The molecular weight excluding hydrogens is 296 g/mol. The molecule has 0 spiro atoms. The molecule has 0 aliphatic carbocycles. The zero-order valence-corrected chi connectivity index (χ0v) is 12.1. The fraction of sp³-hybridized carbons (Fsp3) is 0.417. The summed E-state index contributed by atoms with van der Waals surface area (Å²) in [5.74, 6) is 0.868. The van der Waals surface area contributed by atoms with Crippen molar-refractivity contribution in [2.24, 2.45) is 11.1 Å². The van der Waals surface area contributed by atoms with E-state index in [9.17, 15) is 0 Å². The van der Waals surface area contributed by atoms with Gasteiger partial charge in [-0.15, -0.1) is 0 Å². The highest BCUT2D eigenvalue weighted by Crippen LogP contribution is 2.31. The van der Waals surface area contributed by atoms with Crippen molar-refractivity contribution in [3.05, 3.63) is 28.7 Å². The van der Waals surface area contributed by atoms with Gasteiger partial charge in [0.25, 0.3) is 0 Å². The molecule has 0 amide bonds. The fourth-order valence-electron chi connectivity index (χ4n) is 1.38. The average molecular weight is 311 g/mol. The Labute approximate surface area is 114 Å². The van der Waals surface area contributed by atoms with Gasteiger partial charge in [0.1, 0.15) is 5.69 Å². The first-order valence-electron chi connectivity index (χ1n) is 5.59. The molecule has 0 aromatic carbocycles. The molecule has 0 aliphatic rings. The highest BCUT2D eigenvalue weighted by atomic mass is 79.9. The molecule has 0 aliphatic heterocycles. The van der Waals surface area contributed by atoms with Gasteiger partial charge in [-0.1, -0.05) is 25.9 Å². The molecule has 0 bridgehead atoms. The summed E-state index contributed by atoms with van der Waals surface area (Å²) in [7, 11) is 0. The summed E-state index contributed by atoms with van der Waals surface area (Å²) in [6.45, 7) is 6.08. The molecular formula is C12H15BrN4O. The smallest absolute Gasteiger partial charge is 0.244 e. The zero-order valence-electron chi connectivity index (χ0n) is 10.5. The second-order valence-electron chi connectivity index (χ2n) is 5.13. The zero-order chi connectivity index (χ0) is 13.3. The molecule has 96 valence electrons. The maximum Gasteiger partial charge on any atom is 0.244 e. The second kappa shape index (κ2) is 4.78. The molecule has 2 aromatic heterocycles. The number of hydrogen-bond acceptors (Lipinski definition) is 5. The summed E-state index contributed by atoms with van der Waals surface area (Å²) >= 11 is 3.40. The van der Waals surface area contributed by atoms with E-state index in [0.717, 1.165) is 4.47 Å². The van der Waals surface area contributed by atoms with E-state index in [0.29, 0.717) is 17.4 Å². The average Bonchev–Trinajstić information content (AvgIpc) is 2.76.